The molecule has 9 heteroatoms. The molecule has 0 aromatic heterocycles. The van der Waals surface area contributed by atoms with Crippen LogP contribution >= 0.6 is 24.8 Å². The van der Waals surface area contributed by atoms with E-state index in [1.54, 1.807) is 7.05 Å². The summed E-state index contributed by atoms with van der Waals surface area (Å²) < 4.78 is 5.81. The van der Waals surface area contributed by atoms with Crippen molar-refractivity contribution in [1.82, 2.24) is 20.0 Å². The lowest BCUT2D eigenvalue weighted by atomic mass is 9.91. The third-order valence-electron chi connectivity index (χ3n) is 6.97. The van der Waals surface area contributed by atoms with Crippen LogP contribution in [0, 0.1) is 0 Å². The van der Waals surface area contributed by atoms with Crippen molar-refractivity contribution in [2.24, 2.45) is 0 Å². The SMILES string of the molecule is CN[C@@H](C)C(=O)N1CCC2(CC1)CN(CCCN(C)C1CCCCC1)C(=O)O2.Cl.Cl. The number of hydrogen-bond acceptors (Lipinski definition) is 5. The minimum Gasteiger partial charge on any atom is -0.441 e. The van der Waals surface area contributed by atoms with Crippen molar-refractivity contribution in [1.29, 1.82) is 0 Å². The molecule has 1 aliphatic carbocycles. The molecule has 176 valence electrons. The van der Waals surface area contributed by atoms with Crippen LogP contribution in [0.15, 0.2) is 0 Å². The van der Waals surface area contributed by atoms with Crippen LogP contribution in [-0.2, 0) is 9.53 Å². The maximum atomic E-state index is 12.4. The van der Waals surface area contributed by atoms with E-state index in [1.807, 2.05) is 16.7 Å². The van der Waals surface area contributed by atoms with E-state index in [0.29, 0.717) is 25.7 Å². The van der Waals surface area contributed by atoms with Crippen LogP contribution in [0.5, 0.6) is 0 Å². The molecule has 0 radical (unpaired) electrons. The molecule has 3 rings (SSSR count). The van der Waals surface area contributed by atoms with Crippen LogP contribution in [0.25, 0.3) is 0 Å². The molecule has 1 saturated carbocycles. The van der Waals surface area contributed by atoms with Gasteiger partial charge in [-0.2, -0.15) is 0 Å². The summed E-state index contributed by atoms with van der Waals surface area (Å²) in [5.41, 5.74) is -0.397. The number of carbonyl (C=O) groups excluding carboxylic acids is 2. The minimum absolute atomic E-state index is 0. The quantitative estimate of drug-likeness (QED) is 0.624. The zero-order valence-corrected chi connectivity index (χ0v) is 20.4. The molecule has 1 atom stereocenters. The van der Waals surface area contributed by atoms with Crippen molar-refractivity contribution < 1.29 is 14.3 Å². The molecule has 2 amide bonds. The Morgan fingerprint density at radius 1 is 1.23 bits per heavy atom. The molecule has 1 spiro atoms. The number of nitrogens with zero attached hydrogens (tertiary/aromatic N) is 3. The van der Waals surface area contributed by atoms with Crippen molar-refractivity contribution in [3.8, 4) is 0 Å². The van der Waals surface area contributed by atoms with Gasteiger partial charge in [0, 0.05) is 38.5 Å². The summed E-state index contributed by atoms with van der Waals surface area (Å²) in [6.45, 7) is 5.67. The zero-order chi connectivity index (χ0) is 20.1. The highest BCUT2D eigenvalue weighted by molar-refractivity contribution is 5.85. The fraction of sp³-hybridized carbons (Fsp3) is 0.905. The largest absolute Gasteiger partial charge is 0.441 e. The van der Waals surface area contributed by atoms with Crippen molar-refractivity contribution in [2.75, 3.05) is 46.8 Å². The number of likely N-dealkylation sites (N-methyl/N-ethyl adjacent to an activating group) is 1. The molecule has 3 aliphatic rings. The van der Waals surface area contributed by atoms with Gasteiger partial charge in [0.15, 0.2) is 0 Å². The summed E-state index contributed by atoms with van der Waals surface area (Å²) in [6, 6.07) is 0.547. The Kier molecular flexibility index (Phi) is 11.2. The van der Waals surface area contributed by atoms with Gasteiger partial charge in [0.1, 0.15) is 5.60 Å². The number of carbonyl (C=O) groups is 2. The summed E-state index contributed by atoms with van der Waals surface area (Å²) in [7, 11) is 4.02. The number of hydrogen-bond donors (Lipinski definition) is 1. The fourth-order valence-corrected chi connectivity index (χ4v) is 4.87. The third kappa shape index (κ3) is 6.62. The molecule has 7 nitrogen and oxygen atoms in total. The molecule has 0 aromatic rings. The van der Waals surface area contributed by atoms with Crippen molar-refractivity contribution >= 4 is 36.8 Å². The molecule has 0 aromatic carbocycles. The second-order valence-electron chi connectivity index (χ2n) is 8.93. The van der Waals surface area contributed by atoms with Gasteiger partial charge in [0.05, 0.1) is 12.6 Å². The Morgan fingerprint density at radius 2 is 1.87 bits per heavy atom. The second kappa shape index (κ2) is 12.3. The van der Waals surface area contributed by atoms with Crippen LogP contribution < -0.4 is 5.32 Å². The van der Waals surface area contributed by atoms with Gasteiger partial charge in [-0.1, -0.05) is 19.3 Å². The molecular weight excluding hydrogens is 427 g/mol. The van der Waals surface area contributed by atoms with Gasteiger partial charge in [0.25, 0.3) is 0 Å². The highest BCUT2D eigenvalue weighted by Gasteiger charge is 2.47. The summed E-state index contributed by atoms with van der Waals surface area (Å²) in [6.07, 6.45) is 8.98. The fourth-order valence-electron chi connectivity index (χ4n) is 4.87. The average molecular weight is 467 g/mol. The van der Waals surface area contributed by atoms with Crippen molar-refractivity contribution in [2.45, 2.75) is 76.0 Å². The first-order chi connectivity index (χ1) is 13.4. The van der Waals surface area contributed by atoms with Gasteiger partial charge in [0.2, 0.25) is 5.91 Å². The van der Waals surface area contributed by atoms with Gasteiger partial charge in [-0.25, -0.2) is 4.79 Å². The topological polar surface area (TPSA) is 65.1 Å². The lowest BCUT2D eigenvalue weighted by Gasteiger charge is -2.38. The van der Waals surface area contributed by atoms with E-state index in [2.05, 4.69) is 17.3 Å². The molecule has 2 saturated heterocycles. The number of likely N-dealkylation sites (tertiary alicyclic amines) is 1. The van der Waals surface area contributed by atoms with E-state index in [0.717, 1.165) is 32.4 Å². The van der Waals surface area contributed by atoms with Crippen LogP contribution in [0.1, 0.15) is 58.3 Å². The molecule has 3 fully saturated rings. The van der Waals surface area contributed by atoms with E-state index in [1.165, 1.54) is 32.1 Å². The van der Waals surface area contributed by atoms with Crippen molar-refractivity contribution in [3.63, 3.8) is 0 Å². The Balaban J connectivity index is 0.00000225. The number of halogens is 2. The first kappa shape index (κ1) is 27.3. The van der Waals surface area contributed by atoms with E-state index < -0.39 is 5.60 Å². The van der Waals surface area contributed by atoms with E-state index in [9.17, 15) is 9.59 Å². The lowest BCUT2D eigenvalue weighted by Crippen LogP contribution is -2.52. The van der Waals surface area contributed by atoms with E-state index in [-0.39, 0.29) is 42.9 Å². The number of piperidine rings is 1. The number of nitrogens with one attached hydrogen (secondary N) is 1. The maximum Gasteiger partial charge on any atom is 0.410 e. The van der Waals surface area contributed by atoms with Crippen molar-refractivity contribution in [3.05, 3.63) is 0 Å². The Hall–Kier alpha value is -0.760. The highest BCUT2D eigenvalue weighted by Crippen LogP contribution is 2.33. The van der Waals surface area contributed by atoms with Crippen LogP contribution in [-0.4, -0.2) is 91.2 Å². The van der Waals surface area contributed by atoms with E-state index in [4.69, 9.17) is 4.74 Å². The molecule has 2 aliphatic heterocycles. The summed E-state index contributed by atoms with van der Waals surface area (Å²) >= 11 is 0. The second-order valence-corrected chi connectivity index (χ2v) is 8.93. The number of rotatable bonds is 7. The van der Waals surface area contributed by atoms with Crippen LogP contribution in [0.4, 0.5) is 4.79 Å². The maximum absolute atomic E-state index is 12.4. The predicted molar refractivity (Wildman–Crippen MR) is 124 cm³/mol. The number of amides is 2. The smallest absolute Gasteiger partial charge is 0.410 e. The van der Waals surface area contributed by atoms with Crippen LogP contribution in [0.3, 0.4) is 0 Å². The zero-order valence-electron chi connectivity index (χ0n) is 18.7. The Morgan fingerprint density at radius 3 is 2.47 bits per heavy atom. The molecule has 30 heavy (non-hydrogen) atoms. The highest BCUT2D eigenvalue weighted by atomic mass is 35.5. The van der Waals surface area contributed by atoms with Gasteiger partial charge in [-0.3, -0.25) is 4.79 Å². The monoisotopic (exact) mass is 466 g/mol. The Labute approximate surface area is 194 Å². The summed E-state index contributed by atoms with van der Waals surface area (Å²) in [4.78, 5) is 31.0. The van der Waals surface area contributed by atoms with E-state index >= 15 is 0 Å². The van der Waals surface area contributed by atoms with Gasteiger partial charge < -0.3 is 24.8 Å². The summed E-state index contributed by atoms with van der Waals surface area (Å²) in [5, 5.41) is 3.00. The first-order valence-electron chi connectivity index (χ1n) is 11.1. The molecule has 0 bridgehead atoms. The molecule has 0 unspecified atom stereocenters. The minimum atomic E-state index is -0.397. The lowest BCUT2D eigenvalue weighted by molar-refractivity contribution is -0.136. The standard InChI is InChI=1S/C21H38N4O3.2ClH/c1-17(22-2)19(26)24-14-10-21(11-15-24)16-25(20(27)28-21)13-7-12-23(3)18-8-5-4-6-9-18;;/h17-18,22H,4-16H2,1-3H3;2*1H/t17-;;/m0../s1. The third-order valence-corrected chi connectivity index (χ3v) is 6.97. The first-order valence-corrected chi connectivity index (χ1v) is 11.1. The molecular formula is C21H40Cl2N4O3. The van der Waals surface area contributed by atoms with Crippen LogP contribution in [0.2, 0.25) is 0 Å². The summed E-state index contributed by atoms with van der Waals surface area (Å²) in [5.74, 6) is 0.129. The van der Waals surface area contributed by atoms with Gasteiger partial charge >= 0.3 is 6.09 Å². The predicted octanol–water partition coefficient (Wildman–Crippen LogP) is 2.91. The normalized spacial score (nSPS) is 22.5. The van der Waals surface area contributed by atoms with Gasteiger partial charge in [-0.15, -0.1) is 24.8 Å². The average Bonchev–Trinajstić information content (AvgIpc) is 3.02. The number of ether oxygens (including phenoxy) is 1. The van der Waals surface area contributed by atoms with Gasteiger partial charge in [-0.05, 0) is 46.8 Å². The Bertz CT molecular complexity index is 552. The molecule has 1 N–H and O–H groups in total. The molecule has 2 heterocycles.